The van der Waals surface area contributed by atoms with E-state index in [-0.39, 0.29) is 28.9 Å². The van der Waals surface area contributed by atoms with Crippen molar-refractivity contribution in [1.29, 1.82) is 0 Å². The molecule has 1 fully saturated rings. The predicted octanol–water partition coefficient (Wildman–Crippen LogP) is 2.31. The number of nitro groups is 1. The van der Waals surface area contributed by atoms with Crippen LogP contribution in [0.4, 0.5) is 21.6 Å². The van der Waals surface area contributed by atoms with Gasteiger partial charge >= 0.3 is 0 Å². The van der Waals surface area contributed by atoms with E-state index in [9.17, 15) is 19.3 Å². The second-order valence-electron chi connectivity index (χ2n) is 6.09. The van der Waals surface area contributed by atoms with Crippen molar-refractivity contribution in [3.63, 3.8) is 0 Å². The number of nitrogens with one attached hydrogen (secondary N) is 1. The lowest BCUT2D eigenvalue weighted by molar-refractivity contribution is -0.385. The molecule has 1 unspecified atom stereocenters. The highest BCUT2D eigenvalue weighted by molar-refractivity contribution is 5.98. The Balaban J connectivity index is 1.79. The molecule has 2 aromatic rings. The monoisotopic (exact) mass is 359 g/mol. The summed E-state index contributed by atoms with van der Waals surface area (Å²) < 4.78 is 14.0. The van der Waals surface area contributed by atoms with Gasteiger partial charge in [0.2, 0.25) is 0 Å². The van der Waals surface area contributed by atoms with Crippen LogP contribution in [0, 0.1) is 15.9 Å². The van der Waals surface area contributed by atoms with Crippen LogP contribution in [0.2, 0.25) is 0 Å². The lowest BCUT2D eigenvalue weighted by Gasteiger charge is -2.35. The van der Waals surface area contributed by atoms with Crippen LogP contribution in [0.3, 0.4) is 0 Å². The number of hydrogen-bond acceptors (Lipinski definition) is 6. The Morgan fingerprint density at radius 3 is 2.88 bits per heavy atom. The SMILES string of the molecule is NC(=O)c1cc([N+](=O)[O-])cnc1NC1CCCN(c2ccccc2F)C1. The van der Waals surface area contributed by atoms with Crippen LogP contribution in [0.5, 0.6) is 0 Å². The number of rotatable bonds is 5. The van der Waals surface area contributed by atoms with Crippen molar-refractivity contribution in [3.05, 3.63) is 58.0 Å². The van der Waals surface area contributed by atoms with Crippen molar-refractivity contribution in [3.8, 4) is 0 Å². The maximum atomic E-state index is 14.0. The highest BCUT2D eigenvalue weighted by Gasteiger charge is 2.24. The summed E-state index contributed by atoms with van der Waals surface area (Å²) in [5, 5.41) is 14.0. The maximum absolute atomic E-state index is 14.0. The van der Waals surface area contributed by atoms with Gasteiger partial charge in [0.1, 0.15) is 17.8 Å². The first-order valence-corrected chi connectivity index (χ1v) is 8.16. The highest BCUT2D eigenvalue weighted by Crippen LogP contribution is 2.25. The van der Waals surface area contributed by atoms with Crippen LogP contribution >= 0.6 is 0 Å². The van der Waals surface area contributed by atoms with E-state index in [0.29, 0.717) is 12.2 Å². The first kappa shape index (κ1) is 17.6. The van der Waals surface area contributed by atoms with E-state index in [1.54, 1.807) is 18.2 Å². The van der Waals surface area contributed by atoms with E-state index in [1.165, 1.54) is 6.07 Å². The molecule has 9 heteroatoms. The number of primary amides is 1. The van der Waals surface area contributed by atoms with E-state index in [1.807, 2.05) is 4.90 Å². The van der Waals surface area contributed by atoms with Crippen LogP contribution in [0.15, 0.2) is 36.5 Å². The van der Waals surface area contributed by atoms with Crippen LogP contribution in [0.25, 0.3) is 0 Å². The summed E-state index contributed by atoms with van der Waals surface area (Å²) in [4.78, 5) is 27.8. The zero-order chi connectivity index (χ0) is 18.7. The number of aromatic nitrogens is 1. The number of carbonyl (C=O) groups excluding carboxylic acids is 1. The van der Waals surface area contributed by atoms with Crippen LogP contribution in [0.1, 0.15) is 23.2 Å². The summed E-state index contributed by atoms with van der Waals surface area (Å²) in [6, 6.07) is 7.55. The van der Waals surface area contributed by atoms with Crippen molar-refractivity contribution >= 4 is 23.1 Å². The Morgan fingerprint density at radius 2 is 2.19 bits per heavy atom. The van der Waals surface area contributed by atoms with Gasteiger partial charge in [-0.25, -0.2) is 9.37 Å². The van der Waals surface area contributed by atoms with Gasteiger partial charge in [-0.05, 0) is 25.0 Å². The third-order valence-corrected chi connectivity index (χ3v) is 4.30. The van der Waals surface area contributed by atoms with Crippen LogP contribution < -0.4 is 16.0 Å². The van der Waals surface area contributed by atoms with Crippen molar-refractivity contribution in [1.82, 2.24) is 4.98 Å². The normalized spacial score (nSPS) is 17.0. The number of nitrogens with zero attached hydrogens (tertiary/aromatic N) is 3. The summed E-state index contributed by atoms with van der Waals surface area (Å²) in [5.74, 6) is -0.895. The van der Waals surface area contributed by atoms with E-state index in [4.69, 9.17) is 5.73 Å². The van der Waals surface area contributed by atoms with Gasteiger partial charge in [0.05, 0.1) is 16.2 Å². The quantitative estimate of drug-likeness (QED) is 0.625. The largest absolute Gasteiger partial charge is 0.367 e. The second-order valence-corrected chi connectivity index (χ2v) is 6.09. The lowest BCUT2D eigenvalue weighted by atomic mass is 10.0. The molecule has 0 bridgehead atoms. The molecule has 1 saturated heterocycles. The molecule has 26 heavy (non-hydrogen) atoms. The smallest absolute Gasteiger partial charge is 0.288 e. The third kappa shape index (κ3) is 3.71. The minimum Gasteiger partial charge on any atom is -0.367 e. The standard InChI is InChI=1S/C17H18FN5O3/c18-14-5-1-2-6-15(14)22-7-3-4-11(10-22)21-17-13(16(19)24)8-12(9-20-17)23(25)26/h1-2,5-6,8-9,11H,3-4,7,10H2,(H2,19,24)(H,20,21). The van der Waals surface area contributed by atoms with Crippen molar-refractivity contribution in [2.75, 3.05) is 23.3 Å². The molecular weight excluding hydrogens is 341 g/mol. The Hall–Kier alpha value is -3.23. The van der Waals surface area contributed by atoms with Gasteiger partial charge in [0, 0.05) is 25.2 Å². The molecular formula is C17H18FN5O3. The molecule has 2 heterocycles. The summed E-state index contributed by atoms with van der Waals surface area (Å²) in [5.41, 5.74) is 5.50. The number of piperidine rings is 1. The number of halogens is 1. The number of anilines is 2. The average molecular weight is 359 g/mol. The van der Waals surface area contributed by atoms with Gasteiger partial charge in [0.15, 0.2) is 0 Å². The van der Waals surface area contributed by atoms with Gasteiger partial charge in [0.25, 0.3) is 11.6 Å². The fourth-order valence-electron chi connectivity index (χ4n) is 3.07. The predicted molar refractivity (Wildman–Crippen MR) is 94.7 cm³/mol. The number of amides is 1. The maximum Gasteiger partial charge on any atom is 0.288 e. The number of nitrogens with two attached hydrogens (primary N) is 1. The first-order chi connectivity index (χ1) is 12.5. The fourth-order valence-corrected chi connectivity index (χ4v) is 3.07. The average Bonchev–Trinajstić information content (AvgIpc) is 2.62. The molecule has 136 valence electrons. The Bertz CT molecular complexity index is 845. The lowest BCUT2D eigenvalue weighted by Crippen LogP contribution is -2.43. The van der Waals surface area contributed by atoms with Crippen molar-refractivity contribution in [2.24, 2.45) is 5.73 Å². The molecule has 1 atom stereocenters. The Kier molecular flexibility index (Phi) is 4.97. The Morgan fingerprint density at radius 1 is 1.42 bits per heavy atom. The number of pyridine rings is 1. The third-order valence-electron chi connectivity index (χ3n) is 4.30. The summed E-state index contributed by atoms with van der Waals surface area (Å²) in [6.45, 7) is 1.23. The van der Waals surface area contributed by atoms with Gasteiger partial charge in [-0.3, -0.25) is 14.9 Å². The topological polar surface area (TPSA) is 114 Å². The molecule has 3 N–H and O–H groups in total. The zero-order valence-electron chi connectivity index (χ0n) is 13.9. The molecule has 0 spiro atoms. The van der Waals surface area contributed by atoms with Crippen LogP contribution in [-0.4, -0.2) is 34.9 Å². The van der Waals surface area contributed by atoms with Gasteiger partial charge in [-0.1, -0.05) is 12.1 Å². The Labute approximate surface area is 149 Å². The minimum absolute atomic E-state index is 0.0396. The molecule has 8 nitrogen and oxygen atoms in total. The fraction of sp³-hybridized carbons (Fsp3) is 0.294. The van der Waals surface area contributed by atoms with E-state index < -0.39 is 10.8 Å². The minimum atomic E-state index is -0.800. The summed E-state index contributed by atoms with van der Waals surface area (Å²) in [7, 11) is 0. The number of benzene rings is 1. The molecule has 1 aromatic carbocycles. The van der Waals surface area contributed by atoms with E-state index >= 15 is 0 Å². The molecule has 1 amide bonds. The number of para-hydroxylation sites is 1. The second kappa shape index (κ2) is 7.34. The molecule has 1 aliphatic heterocycles. The van der Waals surface area contributed by atoms with Crippen LogP contribution in [-0.2, 0) is 0 Å². The molecule has 3 rings (SSSR count). The molecule has 1 aromatic heterocycles. The summed E-state index contributed by atoms with van der Waals surface area (Å²) >= 11 is 0. The highest BCUT2D eigenvalue weighted by atomic mass is 19.1. The van der Waals surface area contributed by atoms with Gasteiger partial charge in [-0.2, -0.15) is 0 Å². The van der Waals surface area contributed by atoms with E-state index in [0.717, 1.165) is 31.6 Å². The van der Waals surface area contributed by atoms with Gasteiger partial charge in [-0.15, -0.1) is 0 Å². The molecule has 0 radical (unpaired) electrons. The summed E-state index contributed by atoms with van der Waals surface area (Å²) in [6.07, 6.45) is 2.69. The zero-order valence-corrected chi connectivity index (χ0v) is 13.9. The number of carbonyl (C=O) groups is 1. The first-order valence-electron chi connectivity index (χ1n) is 8.16. The van der Waals surface area contributed by atoms with Gasteiger partial charge < -0.3 is 16.0 Å². The molecule has 1 aliphatic rings. The number of hydrogen-bond donors (Lipinski definition) is 2. The van der Waals surface area contributed by atoms with Crippen molar-refractivity contribution in [2.45, 2.75) is 18.9 Å². The van der Waals surface area contributed by atoms with Crippen molar-refractivity contribution < 1.29 is 14.1 Å². The molecule has 0 aliphatic carbocycles. The molecule has 0 saturated carbocycles. The van der Waals surface area contributed by atoms with E-state index in [2.05, 4.69) is 10.3 Å².